The molecule has 1 fully saturated rings. The molecule has 0 aromatic carbocycles. The lowest BCUT2D eigenvalue weighted by Crippen LogP contribution is -2.36. The van der Waals surface area contributed by atoms with Crippen molar-refractivity contribution in [3.63, 3.8) is 0 Å². The monoisotopic (exact) mass is 508 g/mol. The number of alkyl halides is 2. The van der Waals surface area contributed by atoms with Crippen LogP contribution in [0.15, 0.2) is 12.3 Å². The molecule has 0 saturated heterocycles. The first-order chi connectivity index (χ1) is 16.7. The molecule has 0 aliphatic heterocycles. The van der Waals surface area contributed by atoms with Gasteiger partial charge in [-0.15, -0.1) is 11.3 Å². The summed E-state index contributed by atoms with van der Waals surface area (Å²) in [6.45, 7) is 8.58. The highest BCUT2D eigenvalue weighted by Gasteiger charge is 2.46. The van der Waals surface area contributed by atoms with Crippen molar-refractivity contribution in [3.8, 4) is 10.6 Å². The fourth-order valence-electron chi connectivity index (χ4n) is 4.28. The Balaban J connectivity index is 1.74. The third kappa shape index (κ3) is 5.35. The highest BCUT2D eigenvalue weighted by atomic mass is 32.1. The van der Waals surface area contributed by atoms with E-state index >= 15 is 0 Å². The van der Waals surface area contributed by atoms with E-state index in [-0.39, 0.29) is 12.5 Å². The van der Waals surface area contributed by atoms with Gasteiger partial charge in [-0.3, -0.25) is 4.98 Å². The number of pyridine rings is 1. The van der Waals surface area contributed by atoms with Crippen molar-refractivity contribution < 1.29 is 23.7 Å². The van der Waals surface area contributed by atoms with E-state index in [2.05, 4.69) is 25.6 Å². The Hall–Kier alpha value is -2.54. The summed E-state index contributed by atoms with van der Waals surface area (Å²) in [4.78, 5) is 18.3. The molecule has 35 heavy (non-hydrogen) atoms. The molecule has 4 N–H and O–H groups in total. The van der Waals surface area contributed by atoms with Crippen molar-refractivity contribution >= 4 is 33.3 Å². The summed E-state index contributed by atoms with van der Waals surface area (Å²) < 4.78 is 33.2. The summed E-state index contributed by atoms with van der Waals surface area (Å²) in [5, 5.41) is 27.6. The second-order valence-electron chi connectivity index (χ2n) is 8.79. The molecule has 0 unspecified atom stereocenters. The Morgan fingerprint density at radius 2 is 1.94 bits per heavy atom. The van der Waals surface area contributed by atoms with Gasteiger partial charge in [0.2, 0.25) is 12.4 Å². The predicted octanol–water partition coefficient (Wildman–Crippen LogP) is 3.39. The molecule has 1 aliphatic carbocycles. The zero-order valence-corrected chi connectivity index (χ0v) is 20.8. The van der Waals surface area contributed by atoms with Gasteiger partial charge in [0.25, 0.3) is 0 Å². The van der Waals surface area contributed by atoms with Crippen LogP contribution in [-0.4, -0.2) is 74.1 Å². The first-order valence-corrected chi connectivity index (χ1v) is 12.4. The maximum absolute atomic E-state index is 13.4. The van der Waals surface area contributed by atoms with Gasteiger partial charge >= 0.3 is 0 Å². The van der Waals surface area contributed by atoms with Gasteiger partial charge in [0.15, 0.2) is 0 Å². The molecule has 3 aromatic heterocycles. The van der Waals surface area contributed by atoms with Crippen LogP contribution in [0.3, 0.4) is 0 Å². The lowest BCUT2D eigenvalue weighted by molar-refractivity contribution is -0.0333. The first-order valence-electron chi connectivity index (χ1n) is 11.6. The third-order valence-electron chi connectivity index (χ3n) is 6.11. The lowest BCUT2D eigenvalue weighted by atomic mass is 10.1. The minimum Gasteiger partial charge on any atom is -0.390 e. The van der Waals surface area contributed by atoms with Crippen molar-refractivity contribution in [2.24, 2.45) is 5.92 Å². The molecular formula is C23H30F2N6O3S. The smallest absolute Gasteiger partial charge is 0.244 e. The number of hydrogen-bond acceptors (Lipinski definition) is 10. The quantitative estimate of drug-likeness (QED) is 0.344. The van der Waals surface area contributed by atoms with E-state index < -0.39 is 30.6 Å². The van der Waals surface area contributed by atoms with Crippen LogP contribution >= 0.6 is 11.3 Å². The maximum Gasteiger partial charge on any atom is 0.244 e. The molecule has 3 aromatic rings. The largest absolute Gasteiger partial charge is 0.390 e. The molecular weight excluding hydrogens is 478 g/mol. The van der Waals surface area contributed by atoms with Crippen molar-refractivity contribution in [2.75, 3.05) is 23.8 Å². The van der Waals surface area contributed by atoms with E-state index in [9.17, 15) is 19.0 Å². The standard InChI is InChI=1S/C23H30F2N6O3S/c1-5-34-9-10(2)27-23-28-11(3)16(22-30-17-12(4)26-7-6-15(17)35-22)21(31-23)29-14-8-13(20(24)25)18(32)19(14)33/h6-7,10,13-14,18-20,32-33H,5,8-9H2,1-4H3,(H2,27,28,29,31)/t10-,13+,14-,18-,19+/m1/s1. The van der Waals surface area contributed by atoms with E-state index in [0.29, 0.717) is 41.2 Å². The molecule has 5 atom stereocenters. The SMILES string of the molecule is CCOC[C@@H](C)Nc1nc(C)c(-c2nc3c(C)nccc3s2)c(N[C@@H]2C[C@H](C(F)F)[C@@H](O)[C@H]2O)n1. The normalized spacial score (nSPS) is 23.2. The topological polar surface area (TPSA) is 125 Å². The number of aromatic nitrogens is 4. The minimum absolute atomic E-state index is 0.0775. The molecule has 4 rings (SSSR count). The number of fused-ring (bicyclic) bond motifs is 1. The molecule has 0 bridgehead atoms. The predicted molar refractivity (Wildman–Crippen MR) is 131 cm³/mol. The Morgan fingerprint density at radius 3 is 2.60 bits per heavy atom. The van der Waals surface area contributed by atoms with Crippen LogP contribution in [0.2, 0.25) is 0 Å². The molecule has 0 amide bonds. The van der Waals surface area contributed by atoms with Gasteiger partial charge in [0.1, 0.15) is 22.4 Å². The summed E-state index contributed by atoms with van der Waals surface area (Å²) >= 11 is 1.45. The maximum atomic E-state index is 13.4. The summed E-state index contributed by atoms with van der Waals surface area (Å²) in [5.41, 5.74) is 2.78. The average molecular weight is 509 g/mol. The van der Waals surface area contributed by atoms with Gasteiger partial charge in [-0.1, -0.05) is 0 Å². The summed E-state index contributed by atoms with van der Waals surface area (Å²) in [6, 6.07) is 0.984. The number of thiazole rings is 1. The Bertz CT molecular complexity index is 1180. The Labute approximate surface area is 206 Å². The van der Waals surface area contributed by atoms with E-state index in [4.69, 9.17) is 9.72 Å². The number of aryl methyl sites for hydroxylation is 2. The number of aliphatic hydroxyl groups is 2. The summed E-state index contributed by atoms with van der Waals surface area (Å²) in [5.74, 6) is -0.647. The first kappa shape index (κ1) is 25.5. The number of ether oxygens (including phenoxy) is 1. The number of halogens is 2. The van der Waals surface area contributed by atoms with Gasteiger partial charge in [0.05, 0.1) is 46.3 Å². The van der Waals surface area contributed by atoms with Crippen LogP contribution < -0.4 is 10.6 Å². The molecule has 9 nitrogen and oxygen atoms in total. The van der Waals surface area contributed by atoms with Crippen LogP contribution in [0, 0.1) is 19.8 Å². The summed E-state index contributed by atoms with van der Waals surface area (Å²) in [6.07, 6.45) is -4.02. The van der Waals surface area contributed by atoms with Gasteiger partial charge in [0, 0.05) is 18.8 Å². The van der Waals surface area contributed by atoms with Gasteiger partial charge in [-0.2, -0.15) is 4.98 Å². The van der Waals surface area contributed by atoms with Crippen molar-refractivity contribution in [1.82, 2.24) is 19.9 Å². The van der Waals surface area contributed by atoms with Crippen molar-refractivity contribution in [2.45, 2.75) is 64.8 Å². The average Bonchev–Trinajstić information content (AvgIpc) is 3.35. The van der Waals surface area contributed by atoms with Crippen molar-refractivity contribution in [3.05, 3.63) is 23.7 Å². The fraction of sp³-hybridized carbons (Fsp3) is 0.565. The van der Waals surface area contributed by atoms with Gasteiger partial charge in [-0.05, 0) is 40.2 Å². The van der Waals surface area contributed by atoms with Crippen molar-refractivity contribution in [1.29, 1.82) is 0 Å². The molecule has 1 saturated carbocycles. The second kappa shape index (κ2) is 10.6. The number of rotatable bonds is 9. The zero-order valence-electron chi connectivity index (χ0n) is 20.0. The molecule has 3 heterocycles. The summed E-state index contributed by atoms with van der Waals surface area (Å²) in [7, 11) is 0. The van der Waals surface area contributed by atoms with E-state index in [0.717, 1.165) is 15.9 Å². The number of hydrogen-bond donors (Lipinski definition) is 4. The lowest BCUT2D eigenvalue weighted by Gasteiger charge is -2.22. The van der Waals surface area contributed by atoms with E-state index in [1.165, 1.54) is 11.3 Å². The molecule has 12 heteroatoms. The number of nitrogens with zero attached hydrogens (tertiary/aromatic N) is 4. The number of anilines is 2. The Morgan fingerprint density at radius 1 is 1.17 bits per heavy atom. The van der Waals surface area contributed by atoms with Crippen LogP contribution in [0.5, 0.6) is 0 Å². The minimum atomic E-state index is -2.74. The van der Waals surface area contributed by atoms with Crippen LogP contribution in [0.1, 0.15) is 31.7 Å². The molecule has 190 valence electrons. The van der Waals surface area contributed by atoms with E-state index in [1.807, 2.05) is 33.8 Å². The van der Waals surface area contributed by atoms with Gasteiger partial charge in [-0.25, -0.2) is 18.7 Å². The number of nitrogens with one attached hydrogen (secondary N) is 2. The zero-order chi connectivity index (χ0) is 25.3. The molecule has 1 aliphatic rings. The third-order valence-corrected chi connectivity index (χ3v) is 7.15. The van der Waals surface area contributed by atoms with Crippen LogP contribution in [-0.2, 0) is 4.74 Å². The second-order valence-corrected chi connectivity index (χ2v) is 9.82. The van der Waals surface area contributed by atoms with Gasteiger partial charge < -0.3 is 25.6 Å². The van der Waals surface area contributed by atoms with Crippen LogP contribution in [0.4, 0.5) is 20.5 Å². The highest BCUT2D eigenvalue weighted by molar-refractivity contribution is 7.21. The van der Waals surface area contributed by atoms with Crippen LogP contribution in [0.25, 0.3) is 20.8 Å². The molecule has 0 radical (unpaired) electrons. The Kier molecular flexibility index (Phi) is 7.74. The highest BCUT2D eigenvalue weighted by Crippen LogP contribution is 2.39. The fourth-order valence-corrected chi connectivity index (χ4v) is 5.39. The number of aliphatic hydroxyl groups excluding tert-OH is 2. The molecule has 0 spiro atoms. The van der Waals surface area contributed by atoms with E-state index in [1.54, 1.807) is 6.20 Å².